The fourth-order valence-electron chi connectivity index (χ4n) is 2.06. The number of aromatic nitrogens is 1. The van der Waals surface area contributed by atoms with Crippen LogP contribution in [0.15, 0.2) is 29.6 Å². The van der Waals surface area contributed by atoms with Crippen molar-refractivity contribution in [2.45, 2.75) is 0 Å². The number of carbonyl (C=O) groups excluding carboxylic acids is 2. The predicted octanol–water partition coefficient (Wildman–Crippen LogP) is 1.73. The van der Waals surface area contributed by atoms with Crippen LogP contribution in [0.5, 0.6) is 5.75 Å². The molecule has 0 saturated carbocycles. The van der Waals surface area contributed by atoms with E-state index >= 15 is 0 Å². The predicted molar refractivity (Wildman–Crippen MR) is 100 cm³/mol. The second-order valence-corrected chi connectivity index (χ2v) is 6.25. The summed E-state index contributed by atoms with van der Waals surface area (Å²) in [4.78, 5) is 29.8. The van der Waals surface area contributed by atoms with Gasteiger partial charge in [0.1, 0.15) is 11.4 Å². The number of nitrogens with zero attached hydrogens (tertiary/aromatic N) is 2. The highest BCUT2D eigenvalue weighted by Gasteiger charge is 2.18. The fourth-order valence-corrected chi connectivity index (χ4v) is 2.76. The first kappa shape index (κ1) is 19.7. The SMILES string of the molecule is COCCNC(=O)CN(C)C(=O)c1csc(Nc2ccc(OC)cc2)n1. The van der Waals surface area contributed by atoms with Crippen molar-refractivity contribution < 1.29 is 19.1 Å². The van der Waals surface area contributed by atoms with Gasteiger partial charge in [0.25, 0.3) is 5.91 Å². The molecule has 0 unspecified atom stereocenters. The van der Waals surface area contributed by atoms with Gasteiger partial charge in [-0.25, -0.2) is 4.98 Å². The topological polar surface area (TPSA) is 92.8 Å². The highest BCUT2D eigenvalue weighted by atomic mass is 32.1. The van der Waals surface area contributed by atoms with Crippen LogP contribution in [0.1, 0.15) is 10.5 Å². The summed E-state index contributed by atoms with van der Waals surface area (Å²) in [5.74, 6) is 0.201. The van der Waals surface area contributed by atoms with E-state index in [4.69, 9.17) is 9.47 Å². The van der Waals surface area contributed by atoms with E-state index in [9.17, 15) is 9.59 Å². The third-order valence-corrected chi connectivity index (χ3v) is 4.18. The monoisotopic (exact) mass is 378 g/mol. The van der Waals surface area contributed by atoms with Crippen molar-refractivity contribution in [2.75, 3.05) is 46.3 Å². The number of methoxy groups -OCH3 is 2. The van der Waals surface area contributed by atoms with Crippen molar-refractivity contribution in [3.63, 3.8) is 0 Å². The Kier molecular flexibility index (Phi) is 7.37. The van der Waals surface area contributed by atoms with Gasteiger partial charge in [0.15, 0.2) is 5.13 Å². The van der Waals surface area contributed by atoms with Gasteiger partial charge in [-0.05, 0) is 24.3 Å². The molecule has 1 aromatic heterocycles. The highest BCUT2D eigenvalue weighted by molar-refractivity contribution is 7.14. The molecule has 0 aliphatic rings. The Morgan fingerprint density at radius 3 is 2.62 bits per heavy atom. The number of anilines is 2. The maximum absolute atomic E-state index is 12.4. The van der Waals surface area contributed by atoms with E-state index in [1.54, 1.807) is 26.6 Å². The molecular weight excluding hydrogens is 356 g/mol. The molecule has 26 heavy (non-hydrogen) atoms. The van der Waals surface area contributed by atoms with Crippen LogP contribution in [0.3, 0.4) is 0 Å². The summed E-state index contributed by atoms with van der Waals surface area (Å²) >= 11 is 1.32. The molecule has 2 aromatic rings. The van der Waals surface area contributed by atoms with Crippen molar-refractivity contribution >= 4 is 34.0 Å². The lowest BCUT2D eigenvalue weighted by molar-refractivity contribution is -0.121. The van der Waals surface area contributed by atoms with E-state index in [-0.39, 0.29) is 18.4 Å². The molecule has 9 heteroatoms. The van der Waals surface area contributed by atoms with Crippen LogP contribution in [0, 0.1) is 0 Å². The number of carbonyl (C=O) groups is 2. The van der Waals surface area contributed by atoms with E-state index in [1.165, 1.54) is 16.2 Å². The molecule has 0 radical (unpaired) electrons. The summed E-state index contributed by atoms with van der Waals surface area (Å²) < 4.78 is 9.97. The fraction of sp³-hybridized carbons (Fsp3) is 0.353. The molecule has 0 aliphatic carbocycles. The van der Waals surface area contributed by atoms with Crippen LogP contribution >= 0.6 is 11.3 Å². The van der Waals surface area contributed by atoms with E-state index in [1.807, 2.05) is 24.3 Å². The lowest BCUT2D eigenvalue weighted by atomic mass is 10.3. The lowest BCUT2D eigenvalue weighted by Crippen LogP contribution is -2.39. The number of likely N-dealkylation sites (N-methyl/N-ethyl adjacent to an activating group) is 1. The molecule has 2 N–H and O–H groups in total. The molecule has 0 spiro atoms. The van der Waals surface area contributed by atoms with Gasteiger partial charge in [-0.1, -0.05) is 0 Å². The Bertz CT molecular complexity index is 733. The maximum Gasteiger partial charge on any atom is 0.273 e. The minimum Gasteiger partial charge on any atom is -0.497 e. The molecule has 140 valence electrons. The zero-order valence-corrected chi connectivity index (χ0v) is 15.8. The quantitative estimate of drug-likeness (QED) is 0.646. The zero-order chi connectivity index (χ0) is 18.9. The average molecular weight is 378 g/mol. The molecule has 0 fully saturated rings. The van der Waals surface area contributed by atoms with Gasteiger partial charge in [0.2, 0.25) is 5.91 Å². The van der Waals surface area contributed by atoms with Crippen LogP contribution in [0.25, 0.3) is 0 Å². The van der Waals surface area contributed by atoms with Crippen molar-refractivity contribution in [1.29, 1.82) is 0 Å². The largest absolute Gasteiger partial charge is 0.497 e. The first-order chi connectivity index (χ1) is 12.5. The second kappa shape index (κ2) is 9.73. The number of rotatable bonds is 9. The van der Waals surface area contributed by atoms with Gasteiger partial charge in [-0.2, -0.15) is 0 Å². The van der Waals surface area contributed by atoms with Crippen molar-refractivity contribution in [1.82, 2.24) is 15.2 Å². The van der Waals surface area contributed by atoms with Crippen LogP contribution in [0.4, 0.5) is 10.8 Å². The molecule has 0 atom stereocenters. The van der Waals surface area contributed by atoms with Gasteiger partial charge in [-0.15, -0.1) is 11.3 Å². The Hall–Kier alpha value is -2.65. The Labute approximate surface area is 156 Å². The molecule has 1 aromatic carbocycles. The molecule has 1 heterocycles. The minimum absolute atomic E-state index is 0.0404. The van der Waals surface area contributed by atoms with Crippen LogP contribution < -0.4 is 15.4 Å². The van der Waals surface area contributed by atoms with Crippen LogP contribution in [-0.4, -0.2) is 62.7 Å². The van der Waals surface area contributed by atoms with Gasteiger partial charge in [-0.3, -0.25) is 9.59 Å². The first-order valence-electron chi connectivity index (χ1n) is 7.91. The number of ether oxygens (including phenoxy) is 2. The van der Waals surface area contributed by atoms with Crippen LogP contribution in [0.2, 0.25) is 0 Å². The summed E-state index contributed by atoms with van der Waals surface area (Å²) in [6.45, 7) is 0.793. The van der Waals surface area contributed by atoms with Crippen molar-refractivity contribution in [2.24, 2.45) is 0 Å². The number of hydrogen-bond acceptors (Lipinski definition) is 7. The van der Waals surface area contributed by atoms with E-state index < -0.39 is 0 Å². The standard InChI is InChI=1S/C17H22N4O4S/c1-21(10-15(22)18-8-9-24-2)16(23)14-11-26-17(20-14)19-12-4-6-13(25-3)7-5-12/h4-7,11H,8-10H2,1-3H3,(H,18,22)(H,19,20). The van der Waals surface area contributed by atoms with Crippen molar-refractivity contribution in [3.05, 3.63) is 35.3 Å². The van der Waals surface area contributed by atoms with Gasteiger partial charge >= 0.3 is 0 Å². The summed E-state index contributed by atoms with van der Waals surface area (Å²) in [5, 5.41) is 8.06. The lowest BCUT2D eigenvalue weighted by Gasteiger charge is -2.15. The third kappa shape index (κ3) is 5.71. The van der Waals surface area contributed by atoms with Gasteiger partial charge in [0.05, 0.1) is 20.3 Å². The van der Waals surface area contributed by atoms with Gasteiger partial charge < -0.3 is 25.0 Å². The molecule has 2 rings (SSSR count). The summed E-state index contributed by atoms with van der Waals surface area (Å²) in [6, 6.07) is 7.38. The summed E-state index contributed by atoms with van der Waals surface area (Å²) in [6.07, 6.45) is 0. The van der Waals surface area contributed by atoms with Gasteiger partial charge in [0, 0.05) is 31.8 Å². The molecule has 0 aliphatic heterocycles. The number of hydrogen-bond donors (Lipinski definition) is 2. The minimum atomic E-state index is -0.314. The molecule has 0 saturated heterocycles. The summed E-state index contributed by atoms with van der Waals surface area (Å²) in [7, 11) is 4.73. The maximum atomic E-state index is 12.4. The normalized spacial score (nSPS) is 10.3. The van der Waals surface area contributed by atoms with E-state index in [0.29, 0.717) is 24.0 Å². The highest BCUT2D eigenvalue weighted by Crippen LogP contribution is 2.23. The molecule has 2 amide bonds. The van der Waals surface area contributed by atoms with E-state index in [2.05, 4.69) is 15.6 Å². The number of amides is 2. The third-order valence-electron chi connectivity index (χ3n) is 3.42. The molecule has 8 nitrogen and oxygen atoms in total. The van der Waals surface area contributed by atoms with Crippen LogP contribution in [-0.2, 0) is 9.53 Å². The first-order valence-corrected chi connectivity index (χ1v) is 8.79. The smallest absolute Gasteiger partial charge is 0.273 e. The Morgan fingerprint density at radius 2 is 1.96 bits per heavy atom. The number of benzene rings is 1. The number of thiazole rings is 1. The molecule has 0 bridgehead atoms. The Morgan fingerprint density at radius 1 is 1.23 bits per heavy atom. The zero-order valence-electron chi connectivity index (χ0n) is 14.9. The van der Waals surface area contributed by atoms with E-state index in [0.717, 1.165) is 11.4 Å². The Balaban J connectivity index is 1.90. The molecular formula is C17H22N4O4S. The average Bonchev–Trinajstić information content (AvgIpc) is 3.10. The number of nitrogens with one attached hydrogen (secondary N) is 2. The van der Waals surface area contributed by atoms with Crippen molar-refractivity contribution in [3.8, 4) is 5.75 Å². The second-order valence-electron chi connectivity index (χ2n) is 5.40. The summed E-state index contributed by atoms with van der Waals surface area (Å²) in [5.41, 5.74) is 1.13.